The molecule has 0 bridgehead atoms. The van der Waals surface area contributed by atoms with Crippen LogP contribution in [0.4, 0.5) is 0 Å². The minimum absolute atomic E-state index is 0.0347. The lowest BCUT2D eigenvalue weighted by molar-refractivity contribution is -0.920. The molecule has 0 spiro atoms. The Morgan fingerprint density at radius 1 is 0.929 bits per heavy atom. The molecule has 0 aliphatic rings. The van der Waals surface area contributed by atoms with Crippen LogP contribution < -0.4 is 10.5 Å². The number of aryl methyl sites for hydroxylation is 1. The van der Waals surface area contributed by atoms with Gasteiger partial charge in [0.2, 0.25) is 0 Å². The first-order valence-electron chi connectivity index (χ1n) is 9.53. The van der Waals surface area contributed by atoms with Crippen LogP contribution in [0.5, 0.6) is 0 Å². The fourth-order valence-corrected chi connectivity index (χ4v) is 3.79. The summed E-state index contributed by atoms with van der Waals surface area (Å²) in [4.78, 5) is 18.6. The van der Waals surface area contributed by atoms with Crippen molar-refractivity contribution in [2.45, 2.75) is 19.5 Å². The van der Waals surface area contributed by atoms with Crippen LogP contribution in [0.1, 0.15) is 28.4 Å². The maximum atomic E-state index is 12.6. The van der Waals surface area contributed by atoms with E-state index in [2.05, 4.69) is 55.6 Å². The highest BCUT2D eigenvalue weighted by Gasteiger charge is 2.23. The second kappa shape index (κ2) is 7.79. The van der Waals surface area contributed by atoms with Crippen molar-refractivity contribution < 1.29 is 4.90 Å². The first-order valence-corrected chi connectivity index (χ1v) is 9.53. The van der Waals surface area contributed by atoms with E-state index in [1.807, 2.05) is 37.4 Å². The second-order valence-electron chi connectivity index (χ2n) is 7.30. The molecule has 1 atom stereocenters. The van der Waals surface area contributed by atoms with Gasteiger partial charge in [-0.15, -0.1) is 0 Å². The van der Waals surface area contributed by atoms with Gasteiger partial charge in [-0.2, -0.15) is 0 Å². The van der Waals surface area contributed by atoms with E-state index in [1.54, 1.807) is 10.5 Å². The average Bonchev–Trinajstić information content (AvgIpc) is 2.70. The monoisotopic (exact) mass is 370 g/mol. The number of quaternary nitrogens is 1. The molecule has 4 aromatic rings. The Morgan fingerprint density at radius 3 is 2.14 bits per heavy atom. The standard InChI is InChI=1S/C24H23N3O/c1-18-13-14-22-25-21(15-23(28)27(22)16-18)17-26(2)24(19-9-5-3-6-10-19)20-11-7-4-8-12-20/h3-16,24H,17H2,1-2H3/p+1. The second-order valence-corrected chi connectivity index (χ2v) is 7.30. The summed E-state index contributed by atoms with van der Waals surface area (Å²) in [6, 6.07) is 26.7. The number of rotatable bonds is 5. The van der Waals surface area contributed by atoms with Gasteiger partial charge in [-0.25, -0.2) is 4.98 Å². The van der Waals surface area contributed by atoms with Gasteiger partial charge in [0.1, 0.15) is 23.9 Å². The highest BCUT2D eigenvalue weighted by Crippen LogP contribution is 2.19. The van der Waals surface area contributed by atoms with E-state index >= 15 is 0 Å². The molecule has 4 rings (SSSR count). The van der Waals surface area contributed by atoms with Gasteiger partial charge in [0.05, 0.1) is 7.05 Å². The molecule has 140 valence electrons. The lowest BCUT2D eigenvalue weighted by Crippen LogP contribution is -3.08. The predicted molar refractivity (Wildman–Crippen MR) is 112 cm³/mol. The van der Waals surface area contributed by atoms with Gasteiger partial charge in [0.15, 0.2) is 0 Å². The van der Waals surface area contributed by atoms with E-state index in [9.17, 15) is 4.79 Å². The molecule has 4 heteroatoms. The number of nitrogens with zero attached hydrogens (tertiary/aromatic N) is 2. The molecule has 1 N–H and O–H groups in total. The van der Waals surface area contributed by atoms with E-state index in [-0.39, 0.29) is 11.6 Å². The van der Waals surface area contributed by atoms with Crippen LogP contribution in [0, 0.1) is 6.92 Å². The van der Waals surface area contributed by atoms with Gasteiger partial charge >= 0.3 is 0 Å². The van der Waals surface area contributed by atoms with Crippen molar-refractivity contribution in [3.8, 4) is 0 Å². The van der Waals surface area contributed by atoms with Gasteiger partial charge in [-0.3, -0.25) is 9.20 Å². The van der Waals surface area contributed by atoms with Crippen molar-refractivity contribution in [3.05, 3.63) is 118 Å². The average molecular weight is 370 g/mol. The number of fused-ring (bicyclic) bond motifs is 1. The fraction of sp³-hybridized carbons (Fsp3) is 0.167. The van der Waals surface area contributed by atoms with Gasteiger partial charge < -0.3 is 4.90 Å². The van der Waals surface area contributed by atoms with E-state index in [1.165, 1.54) is 16.0 Å². The molecule has 2 aromatic heterocycles. The van der Waals surface area contributed by atoms with Crippen LogP contribution >= 0.6 is 0 Å². The number of nitrogens with one attached hydrogen (secondary N) is 1. The summed E-state index contributed by atoms with van der Waals surface area (Å²) < 4.78 is 1.61. The van der Waals surface area contributed by atoms with Crippen molar-refractivity contribution >= 4 is 5.65 Å². The van der Waals surface area contributed by atoms with E-state index in [0.717, 1.165) is 11.3 Å². The zero-order chi connectivity index (χ0) is 19.5. The topological polar surface area (TPSA) is 38.8 Å². The van der Waals surface area contributed by atoms with Crippen molar-refractivity contribution in [1.82, 2.24) is 9.38 Å². The Bertz CT molecular complexity index is 1100. The lowest BCUT2D eigenvalue weighted by Gasteiger charge is -2.25. The summed E-state index contributed by atoms with van der Waals surface area (Å²) in [5, 5.41) is 0. The van der Waals surface area contributed by atoms with Crippen LogP contribution in [-0.4, -0.2) is 16.4 Å². The third kappa shape index (κ3) is 3.73. The first kappa shape index (κ1) is 18.1. The molecule has 1 unspecified atom stereocenters. The quantitative estimate of drug-likeness (QED) is 0.587. The summed E-state index contributed by atoms with van der Waals surface area (Å²) in [5.74, 6) is 0. The van der Waals surface area contributed by atoms with Crippen LogP contribution in [0.3, 0.4) is 0 Å². The molecule has 2 heterocycles. The smallest absolute Gasteiger partial charge is 0.258 e. The van der Waals surface area contributed by atoms with Gasteiger partial charge in [-0.05, 0) is 18.6 Å². The third-order valence-electron chi connectivity index (χ3n) is 5.08. The van der Waals surface area contributed by atoms with Crippen molar-refractivity contribution in [2.75, 3.05) is 7.05 Å². The Kier molecular flexibility index (Phi) is 5.04. The molecular weight excluding hydrogens is 346 g/mol. The summed E-state index contributed by atoms with van der Waals surface area (Å²) >= 11 is 0. The SMILES string of the molecule is Cc1ccc2nc(C[NH+](C)C(c3ccccc3)c3ccccc3)cc(=O)n2c1. The summed E-state index contributed by atoms with van der Waals surface area (Å²) in [6.45, 7) is 2.64. The number of hydrogen-bond donors (Lipinski definition) is 1. The molecule has 0 aliphatic carbocycles. The highest BCUT2D eigenvalue weighted by atomic mass is 16.1. The molecule has 0 aliphatic heterocycles. The summed E-state index contributed by atoms with van der Waals surface area (Å²) in [7, 11) is 2.16. The molecule has 0 saturated heterocycles. The van der Waals surface area contributed by atoms with Crippen LogP contribution in [0.15, 0.2) is 89.9 Å². The van der Waals surface area contributed by atoms with E-state index in [4.69, 9.17) is 4.98 Å². The van der Waals surface area contributed by atoms with E-state index in [0.29, 0.717) is 12.2 Å². The molecule has 28 heavy (non-hydrogen) atoms. The van der Waals surface area contributed by atoms with Crippen molar-refractivity contribution in [2.24, 2.45) is 0 Å². The molecule has 0 radical (unpaired) electrons. The minimum atomic E-state index is -0.0347. The number of benzene rings is 2. The zero-order valence-electron chi connectivity index (χ0n) is 16.2. The van der Waals surface area contributed by atoms with Gasteiger partial charge in [0, 0.05) is 23.4 Å². The van der Waals surface area contributed by atoms with Gasteiger partial charge in [0.25, 0.3) is 5.56 Å². The molecule has 2 aromatic carbocycles. The summed E-state index contributed by atoms with van der Waals surface area (Å²) in [5.41, 5.74) is 5.01. The zero-order valence-corrected chi connectivity index (χ0v) is 16.2. The Hall–Kier alpha value is -3.24. The van der Waals surface area contributed by atoms with Crippen LogP contribution in [0.2, 0.25) is 0 Å². The normalized spacial score (nSPS) is 12.4. The molecule has 0 saturated carbocycles. The number of aromatic nitrogens is 2. The summed E-state index contributed by atoms with van der Waals surface area (Å²) in [6.07, 6.45) is 1.84. The predicted octanol–water partition coefficient (Wildman–Crippen LogP) is 2.81. The largest absolute Gasteiger partial charge is 0.322 e. The first-order chi connectivity index (χ1) is 13.6. The Morgan fingerprint density at radius 2 is 1.54 bits per heavy atom. The fourth-order valence-electron chi connectivity index (χ4n) is 3.79. The molecular formula is C24H24N3O+. The van der Waals surface area contributed by atoms with Crippen LogP contribution in [0.25, 0.3) is 5.65 Å². The Labute approximate surface area is 164 Å². The maximum absolute atomic E-state index is 12.6. The van der Waals surface area contributed by atoms with Gasteiger partial charge in [-0.1, -0.05) is 66.7 Å². The number of pyridine rings is 1. The van der Waals surface area contributed by atoms with E-state index < -0.39 is 0 Å². The molecule has 0 amide bonds. The lowest BCUT2D eigenvalue weighted by atomic mass is 9.97. The maximum Gasteiger partial charge on any atom is 0.258 e. The van der Waals surface area contributed by atoms with Crippen LogP contribution in [-0.2, 0) is 6.54 Å². The molecule has 0 fully saturated rings. The van der Waals surface area contributed by atoms with Crippen molar-refractivity contribution in [3.63, 3.8) is 0 Å². The highest BCUT2D eigenvalue weighted by molar-refractivity contribution is 5.40. The van der Waals surface area contributed by atoms with Crippen molar-refractivity contribution in [1.29, 1.82) is 0 Å². The third-order valence-corrected chi connectivity index (χ3v) is 5.08. The Balaban J connectivity index is 1.70. The molecule has 4 nitrogen and oxygen atoms in total. The number of hydrogen-bond acceptors (Lipinski definition) is 2. The minimum Gasteiger partial charge on any atom is -0.322 e.